The molecular weight excluding hydrogens is 236 g/mol. The minimum atomic E-state index is -2.95. The summed E-state index contributed by atoms with van der Waals surface area (Å²) >= 11 is 5.65. The van der Waals surface area contributed by atoms with Crippen LogP contribution in [0.5, 0.6) is 0 Å². The molecule has 88 valence electrons. The Morgan fingerprint density at radius 1 is 1.13 bits per heavy atom. The van der Waals surface area contributed by atoms with Crippen LogP contribution in [0.15, 0.2) is 0 Å². The van der Waals surface area contributed by atoms with Crippen LogP contribution in [0.3, 0.4) is 0 Å². The second-order valence-corrected chi connectivity index (χ2v) is 6.76. The van der Waals surface area contributed by atoms with Gasteiger partial charge in [0.1, 0.15) is 0 Å². The third kappa shape index (κ3) is 2.64. The Kier molecular flexibility index (Phi) is 3.55. The Labute approximate surface area is 96.2 Å². The van der Waals surface area contributed by atoms with Gasteiger partial charge in [0.2, 0.25) is 10.0 Å². The molecule has 0 unspecified atom stereocenters. The zero-order valence-corrected chi connectivity index (χ0v) is 10.3. The van der Waals surface area contributed by atoms with Gasteiger partial charge in [0.05, 0.1) is 5.25 Å². The monoisotopic (exact) mass is 252 g/mol. The Morgan fingerprint density at radius 2 is 1.73 bits per heavy atom. The van der Waals surface area contributed by atoms with E-state index < -0.39 is 10.0 Å². The molecule has 2 rings (SSSR count). The third-order valence-electron chi connectivity index (χ3n) is 3.04. The lowest BCUT2D eigenvalue weighted by Gasteiger charge is -2.33. The number of sulfonamides is 1. The topological polar surface area (TPSA) is 40.6 Å². The van der Waals surface area contributed by atoms with E-state index in [2.05, 4.69) is 4.90 Å². The highest BCUT2D eigenvalue weighted by atomic mass is 35.5. The number of halogens is 1. The lowest BCUT2D eigenvalue weighted by atomic mass is 10.4. The van der Waals surface area contributed by atoms with E-state index in [-0.39, 0.29) is 5.25 Å². The molecular formula is C9H17ClN2O2S. The maximum Gasteiger partial charge on any atom is 0.217 e. The molecule has 0 atom stereocenters. The van der Waals surface area contributed by atoms with Crippen LogP contribution < -0.4 is 0 Å². The highest BCUT2D eigenvalue weighted by molar-refractivity contribution is 7.90. The fourth-order valence-electron chi connectivity index (χ4n) is 1.90. The first-order valence-electron chi connectivity index (χ1n) is 5.42. The number of rotatable bonds is 4. The fourth-order valence-corrected chi connectivity index (χ4v) is 3.97. The van der Waals surface area contributed by atoms with E-state index in [0.717, 1.165) is 32.5 Å². The molecule has 15 heavy (non-hydrogen) atoms. The van der Waals surface area contributed by atoms with Gasteiger partial charge >= 0.3 is 0 Å². The van der Waals surface area contributed by atoms with E-state index in [1.54, 1.807) is 4.31 Å². The third-order valence-corrected chi connectivity index (χ3v) is 5.61. The van der Waals surface area contributed by atoms with Gasteiger partial charge in [-0.2, -0.15) is 4.31 Å². The zero-order valence-electron chi connectivity index (χ0n) is 8.73. The Morgan fingerprint density at radius 3 is 2.20 bits per heavy atom. The molecule has 2 aliphatic rings. The summed E-state index contributed by atoms with van der Waals surface area (Å²) in [7, 11) is -2.95. The van der Waals surface area contributed by atoms with Crippen LogP contribution >= 0.6 is 11.6 Å². The number of alkyl halides is 1. The molecule has 0 N–H and O–H groups in total. The van der Waals surface area contributed by atoms with Crippen molar-refractivity contribution >= 4 is 21.6 Å². The van der Waals surface area contributed by atoms with Gasteiger partial charge < -0.3 is 0 Å². The molecule has 1 aliphatic carbocycles. The molecule has 1 aliphatic heterocycles. The number of hydrogen-bond acceptors (Lipinski definition) is 3. The predicted molar refractivity (Wildman–Crippen MR) is 60.7 cm³/mol. The molecule has 0 spiro atoms. The number of nitrogens with zero attached hydrogens (tertiary/aromatic N) is 2. The summed E-state index contributed by atoms with van der Waals surface area (Å²) in [6.07, 6.45) is 1.70. The van der Waals surface area contributed by atoms with Crippen molar-refractivity contribution in [3.05, 3.63) is 0 Å². The van der Waals surface area contributed by atoms with Crippen LogP contribution in [0.1, 0.15) is 12.8 Å². The first kappa shape index (κ1) is 11.6. The van der Waals surface area contributed by atoms with Gasteiger partial charge in [-0.15, -0.1) is 11.6 Å². The molecule has 0 aromatic carbocycles. The van der Waals surface area contributed by atoms with Crippen LogP contribution in [0.4, 0.5) is 0 Å². The number of hydrogen-bond donors (Lipinski definition) is 0. The van der Waals surface area contributed by atoms with E-state index in [9.17, 15) is 8.42 Å². The average Bonchev–Trinajstić information content (AvgIpc) is 3.02. The van der Waals surface area contributed by atoms with Crippen molar-refractivity contribution in [3.8, 4) is 0 Å². The SMILES string of the molecule is O=S(=O)(C1CC1)N1CCN(CCCl)CC1. The van der Waals surface area contributed by atoms with E-state index in [1.807, 2.05) is 0 Å². The van der Waals surface area contributed by atoms with E-state index >= 15 is 0 Å². The summed E-state index contributed by atoms with van der Waals surface area (Å²) in [5.41, 5.74) is 0. The van der Waals surface area contributed by atoms with Crippen molar-refractivity contribution in [1.29, 1.82) is 0 Å². The van der Waals surface area contributed by atoms with Gasteiger partial charge in [-0.25, -0.2) is 8.42 Å². The van der Waals surface area contributed by atoms with E-state index in [1.165, 1.54) is 0 Å². The minimum absolute atomic E-state index is 0.0722. The van der Waals surface area contributed by atoms with Crippen molar-refractivity contribution in [3.63, 3.8) is 0 Å². The van der Waals surface area contributed by atoms with Gasteiger partial charge in [0.25, 0.3) is 0 Å². The summed E-state index contributed by atoms with van der Waals surface area (Å²) in [6.45, 7) is 3.77. The highest BCUT2D eigenvalue weighted by Crippen LogP contribution is 2.31. The van der Waals surface area contributed by atoms with Gasteiger partial charge in [0.15, 0.2) is 0 Å². The minimum Gasteiger partial charge on any atom is -0.300 e. The first-order chi connectivity index (χ1) is 7.14. The van der Waals surface area contributed by atoms with Gasteiger partial charge in [-0.1, -0.05) is 0 Å². The highest BCUT2D eigenvalue weighted by Gasteiger charge is 2.40. The van der Waals surface area contributed by atoms with E-state index in [0.29, 0.717) is 19.0 Å². The Hall–Kier alpha value is 0.160. The predicted octanol–water partition coefficient (Wildman–Crippen LogP) is 0.335. The molecule has 0 aromatic heterocycles. The molecule has 0 radical (unpaired) electrons. The van der Waals surface area contributed by atoms with Gasteiger partial charge in [-0.05, 0) is 12.8 Å². The quantitative estimate of drug-likeness (QED) is 0.678. The smallest absolute Gasteiger partial charge is 0.217 e. The summed E-state index contributed by atoms with van der Waals surface area (Å²) in [5, 5.41) is -0.0722. The molecule has 1 heterocycles. The van der Waals surface area contributed by atoms with Crippen LogP contribution in [0.2, 0.25) is 0 Å². The maximum absolute atomic E-state index is 11.9. The van der Waals surface area contributed by atoms with Gasteiger partial charge in [-0.3, -0.25) is 4.90 Å². The van der Waals surface area contributed by atoms with Crippen LogP contribution in [-0.4, -0.2) is 61.5 Å². The molecule has 0 aromatic rings. The van der Waals surface area contributed by atoms with Crippen molar-refractivity contribution in [2.75, 3.05) is 38.6 Å². The van der Waals surface area contributed by atoms with Crippen molar-refractivity contribution in [1.82, 2.24) is 9.21 Å². The Balaban J connectivity index is 1.87. The Bertz CT molecular complexity index is 308. The van der Waals surface area contributed by atoms with Gasteiger partial charge in [0, 0.05) is 38.6 Å². The lowest BCUT2D eigenvalue weighted by molar-refractivity contribution is 0.197. The molecule has 2 fully saturated rings. The maximum atomic E-state index is 11.9. The van der Waals surface area contributed by atoms with E-state index in [4.69, 9.17) is 11.6 Å². The molecule has 1 saturated carbocycles. The molecule has 1 saturated heterocycles. The second-order valence-electron chi connectivity index (χ2n) is 4.17. The lowest BCUT2D eigenvalue weighted by Crippen LogP contribution is -2.49. The van der Waals surface area contributed by atoms with Crippen molar-refractivity contribution in [2.24, 2.45) is 0 Å². The summed E-state index contributed by atoms with van der Waals surface area (Å²) in [4.78, 5) is 2.21. The largest absolute Gasteiger partial charge is 0.300 e. The van der Waals surface area contributed by atoms with Crippen molar-refractivity contribution < 1.29 is 8.42 Å². The summed E-state index contributed by atoms with van der Waals surface area (Å²) < 4.78 is 25.4. The number of piperazine rings is 1. The zero-order chi connectivity index (χ0) is 10.9. The normalized spacial score (nSPS) is 25.7. The molecule has 0 amide bonds. The van der Waals surface area contributed by atoms with Crippen LogP contribution in [0, 0.1) is 0 Å². The summed E-state index contributed by atoms with van der Waals surface area (Å²) in [5.74, 6) is 0.620. The second kappa shape index (κ2) is 4.57. The van der Waals surface area contributed by atoms with Crippen molar-refractivity contribution in [2.45, 2.75) is 18.1 Å². The average molecular weight is 253 g/mol. The standard InChI is InChI=1S/C9H17ClN2O2S/c10-3-4-11-5-7-12(8-6-11)15(13,14)9-1-2-9/h9H,1-8H2. The fraction of sp³-hybridized carbons (Fsp3) is 1.00. The van der Waals surface area contributed by atoms with Crippen LogP contribution in [-0.2, 0) is 10.0 Å². The molecule has 6 heteroatoms. The molecule has 4 nitrogen and oxygen atoms in total. The molecule has 0 bridgehead atoms. The van der Waals surface area contributed by atoms with Crippen LogP contribution in [0.25, 0.3) is 0 Å². The summed E-state index contributed by atoms with van der Waals surface area (Å²) in [6, 6.07) is 0. The first-order valence-corrected chi connectivity index (χ1v) is 7.45.